The van der Waals surface area contributed by atoms with E-state index in [0.29, 0.717) is 12.0 Å². The lowest BCUT2D eigenvalue weighted by atomic mass is 10.00. The Morgan fingerprint density at radius 1 is 1.44 bits per heavy atom. The van der Waals surface area contributed by atoms with Crippen LogP contribution in [0.2, 0.25) is 0 Å². The van der Waals surface area contributed by atoms with Gasteiger partial charge in [0.15, 0.2) is 0 Å². The lowest BCUT2D eigenvalue weighted by Crippen LogP contribution is -2.16. The molecule has 1 unspecified atom stereocenters. The average molecular weight is 413 g/mol. The summed E-state index contributed by atoms with van der Waals surface area (Å²) in [6, 6.07) is 4.51. The molecule has 2 rings (SSSR count). The number of thiophene rings is 1. The fraction of sp³-hybridized carbons (Fsp3) is 0.312. The minimum absolute atomic E-state index is 0.0236. The molecule has 0 aliphatic carbocycles. The standard InChI is InChI=1S/C16H19N3O6S2/c1-10(25-3)7-12-8-13(18-27(23,24)14-5-4-6-26-14)11(2)16(19(21)22)15(12)17-9-20/h4-6,8-10,18H,7H2,1-3H3,(H,17,20). The molecule has 1 atom stereocenters. The molecule has 0 saturated heterocycles. The van der Waals surface area contributed by atoms with Gasteiger partial charge in [-0.25, -0.2) is 8.42 Å². The molecule has 0 saturated carbocycles. The van der Waals surface area contributed by atoms with Gasteiger partial charge in [0.05, 0.1) is 22.3 Å². The van der Waals surface area contributed by atoms with Gasteiger partial charge in [-0.3, -0.25) is 19.6 Å². The number of methoxy groups -OCH3 is 1. The number of nitro benzene ring substituents is 1. The third kappa shape index (κ3) is 4.62. The summed E-state index contributed by atoms with van der Waals surface area (Å²) in [6.07, 6.45) is 0.279. The molecule has 2 N–H and O–H groups in total. The predicted molar refractivity (Wildman–Crippen MR) is 103 cm³/mol. The van der Waals surface area contributed by atoms with Crippen LogP contribution in [0.1, 0.15) is 18.1 Å². The highest BCUT2D eigenvalue weighted by molar-refractivity contribution is 7.94. The van der Waals surface area contributed by atoms with E-state index in [2.05, 4.69) is 10.0 Å². The number of anilines is 2. The van der Waals surface area contributed by atoms with Crippen molar-refractivity contribution in [1.29, 1.82) is 0 Å². The molecular formula is C16H19N3O6S2. The van der Waals surface area contributed by atoms with Crippen LogP contribution in [0.25, 0.3) is 0 Å². The van der Waals surface area contributed by atoms with E-state index < -0.39 is 14.9 Å². The second kappa shape index (κ2) is 8.46. The highest BCUT2D eigenvalue weighted by atomic mass is 32.2. The first-order chi connectivity index (χ1) is 12.7. The van der Waals surface area contributed by atoms with E-state index in [1.54, 1.807) is 18.4 Å². The quantitative estimate of drug-likeness (QED) is 0.370. The van der Waals surface area contributed by atoms with Crippen LogP contribution in [0, 0.1) is 17.0 Å². The van der Waals surface area contributed by atoms with E-state index in [-0.39, 0.29) is 39.4 Å². The molecule has 1 aromatic carbocycles. The summed E-state index contributed by atoms with van der Waals surface area (Å²) in [5.41, 5.74) is 0.211. The molecule has 27 heavy (non-hydrogen) atoms. The Kier molecular flexibility index (Phi) is 6.52. The summed E-state index contributed by atoms with van der Waals surface area (Å²) < 4.78 is 32.7. The zero-order valence-corrected chi connectivity index (χ0v) is 16.5. The van der Waals surface area contributed by atoms with E-state index in [1.165, 1.54) is 26.2 Å². The van der Waals surface area contributed by atoms with Gasteiger partial charge in [-0.2, -0.15) is 0 Å². The van der Waals surface area contributed by atoms with Crippen LogP contribution in [0.4, 0.5) is 17.1 Å². The molecule has 1 amide bonds. The van der Waals surface area contributed by atoms with Crippen molar-refractivity contribution in [3.63, 3.8) is 0 Å². The number of nitro groups is 1. The highest BCUT2D eigenvalue weighted by Crippen LogP contribution is 2.38. The summed E-state index contributed by atoms with van der Waals surface area (Å²) >= 11 is 1.03. The predicted octanol–water partition coefficient (Wildman–Crippen LogP) is 2.91. The molecular weight excluding hydrogens is 394 g/mol. The zero-order chi connectivity index (χ0) is 20.2. The molecule has 0 bridgehead atoms. The number of ether oxygens (including phenoxy) is 1. The van der Waals surface area contributed by atoms with Crippen molar-refractivity contribution in [2.75, 3.05) is 17.1 Å². The number of benzene rings is 1. The van der Waals surface area contributed by atoms with Crippen molar-refractivity contribution in [1.82, 2.24) is 0 Å². The third-order valence-electron chi connectivity index (χ3n) is 3.94. The van der Waals surface area contributed by atoms with Crippen molar-refractivity contribution >= 4 is 44.8 Å². The molecule has 9 nitrogen and oxygen atoms in total. The van der Waals surface area contributed by atoms with E-state index in [1.807, 2.05) is 0 Å². The molecule has 11 heteroatoms. The highest BCUT2D eigenvalue weighted by Gasteiger charge is 2.27. The summed E-state index contributed by atoms with van der Waals surface area (Å²) in [4.78, 5) is 21.9. The van der Waals surface area contributed by atoms with Gasteiger partial charge in [0.1, 0.15) is 9.90 Å². The molecule has 0 fully saturated rings. The Hall–Kier alpha value is -2.50. The van der Waals surface area contributed by atoms with Gasteiger partial charge in [0.25, 0.3) is 15.7 Å². The number of nitrogens with one attached hydrogen (secondary N) is 2. The van der Waals surface area contributed by atoms with Crippen LogP contribution in [-0.2, 0) is 26.0 Å². The summed E-state index contributed by atoms with van der Waals surface area (Å²) in [5.74, 6) is 0. The molecule has 1 aromatic heterocycles. The van der Waals surface area contributed by atoms with Crippen molar-refractivity contribution in [3.8, 4) is 0 Å². The van der Waals surface area contributed by atoms with Gasteiger partial charge in [0.2, 0.25) is 6.41 Å². The first kappa shape index (κ1) is 20.8. The molecule has 0 aliphatic heterocycles. The van der Waals surface area contributed by atoms with Crippen LogP contribution >= 0.6 is 11.3 Å². The number of hydrogen-bond donors (Lipinski definition) is 2. The van der Waals surface area contributed by atoms with Gasteiger partial charge < -0.3 is 10.1 Å². The maximum atomic E-state index is 12.5. The average Bonchev–Trinajstić information content (AvgIpc) is 3.14. The van der Waals surface area contributed by atoms with Crippen LogP contribution in [0.3, 0.4) is 0 Å². The fourth-order valence-corrected chi connectivity index (χ4v) is 4.65. The van der Waals surface area contributed by atoms with E-state index in [0.717, 1.165) is 11.3 Å². The van der Waals surface area contributed by atoms with E-state index in [4.69, 9.17) is 4.74 Å². The Morgan fingerprint density at radius 3 is 2.67 bits per heavy atom. The number of amides is 1. The summed E-state index contributed by atoms with van der Waals surface area (Å²) in [7, 11) is -2.40. The molecule has 1 heterocycles. The largest absolute Gasteiger partial charge is 0.381 e. The first-order valence-electron chi connectivity index (χ1n) is 7.81. The van der Waals surface area contributed by atoms with Crippen LogP contribution in [0.15, 0.2) is 27.8 Å². The maximum Gasteiger partial charge on any atom is 0.297 e. The van der Waals surface area contributed by atoms with Gasteiger partial charge >= 0.3 is 0 Å². The number of carbonyl (C=O) groups excluding carboxylic acids is 1. The number of rotatable bonds is 9. The molecule has 0 radical (unpaired) electrons. The van der Waals surface area contributed by atoms with Crippen LogP contribution in [0.5, 0.6) is 0 Å². The summed E-state index contributed by atoms with van der Waals surface area (Å²) in [5, 5.41) is 15.6. The number of hydrogen-bond acceptors (Lipinski definition) is 7. The lowest BCUT2D eigenvalue weighted by molar-refractivity contribution is -0.384. The van der Waals surface area contributed by atoms with Crippen molar-refractivity contribution in [2.45, 2.75) is 30.6 Å². The maximum absolute atomic E-state index is 12.5. The minimum Gasteiger partial charge on any atom is -0.381 e. The van der Waals surface area contributed by atoms with Gasteiger partial charge in [-0.05, 0) is 36.9 Å². The van der Waals surface area contributed by atoms with Crippen molar-refractivity contribution in [2.24, 2.45) is 0 Å². The first-order valence-corrected chi connectivity index (χ1v) is 10.2. The van der Waals surface area contributed by atoms with Crippen molar-refractivity contribution < 1.29 is 22.9 Å². The Bertz CT molecular complexity index is 942. The van der Waals surface area contributed by atoms with Crippen LogP contribution < -0.4 is 10.0 Å². The molecule has 2 aromatic rings. The Balaban J connectivity index is 2.63. The van der Waals surface area contributed by atoms with Crippen molar-refractivity contribution in [3.05, 3.63) is 44.8 Å². The number of sulfonamides is 1. The van der Waals surface area contributed by atoms with Gasteiger partial charge in [-0.1, -0.05) is 6.07 Å². The fourth-order valence-electron chi connectivity index (χ4n) is 2.54. The Labute approximate surface area is 160 Å². The SMILES string of the molecule is COC(C)Cc1cc(NS(=O)(=O)c2cccs2)c(C)c([N+](=O)[O-])c1NC=O. The normalized spacial score (nSPS) is 12.4. The van der Waals surface area contributed by atoms with Crippen LogP contribution in [-0.4, -0.2) is 33.0 Å². The van der Waals surface area contributed by atoms with Gasteiger partial charge in [-0.15, -0.1) is 11.3 Å². The minimum atomic E-state index is -3.89. The van der Waals surface area contributed by atoms with Gasteiger partial charge in [0, 0.05) is 13.5 Å². The Morgan fingerprint density at radius 2 is 2.15 bits per heavy atom. The second-order valence-electron chi connectivity index (χ2n) is 5.74. The number of nitrogens with zero attached hydrogens (tertiary/aromatic N) is 1. The van der Waals surface area contributed by atoms with E-state index in [9.17, 15) is 23.3 Å². The second-order valence-corrected chi connectivity index (χ2v) is 8.60. The molecule has 146 valence electrons. The lowest BCUT2D eigenvalue weighted by Gasteiger charge is -2.18. The topological polar surface area (TPSA) is 128 Å². The monoisotopic (exact) mass is 413 g/mol. The zero-order valence-electron chi connectivity index (χ0n) is 14.9. The smallest absolute Gasteiger partial charge is 0.297 e. The molecule has 0 aliphatic rings. The number of carbonyl (C=O) groups is 1. The summed E-state index contributed by atoms with van der Waals surface area (Å²) in [6.45, 7) is 3.18. The van der Waals surface area contributed by atoms with E-state index >= 15 is 0 Å². The third-order valence-corrected chi connectivity index (χ3v) is 6.70. The molecule has 0 spiro atoms.